The zero-order valence-corrected chi connectivity index (χ0v) is 10.8. The predicted molar refractivity (Wildman–Crippen MR) is 71.7 cm³/mol. The number of fused-ring (bicyclic) bond motifs is 1. The highest BCUT2D eigenvalue weighted by Crippen LogP contribution is 2.30. The van der Waals surface area contributed by atoms with E-state index in [1.807, 2.05) is 24.3 Å². The molecule has 0 saturated carbocycles. The fourth-order valence-electron chi connectivity index (χ4n) is 2.43. The van der Waals surface area contributed by atoms with E-state index in [1.54, 1.807) is 0 Å². The van der Waals surface area contributed by atoms with Crippen LogP contribution in [0.25, 0.3) is 11.0 Å². The molecule has 2 N–H and O–H groups in total. The monoisotopic (exact) mass is 265 g/mol. The van der Waals surface area contributed by atoms with Gasteiger partial charge in [-0.2, -0.15) is 0 Å². The molecular weight excluding hydrogens is 250 g/mol. The van der Waals surface area contributed by atoms with E-state index >= 15 is 0 Å². The van der Waals surface area contributed by atoms with Crippen LogP contribution in [0.5, 0.6) is 0 Å². The number of furan rings is 1. The molecule has 2 atom stereocenters. The molecule has 3 rings (SSSR count). The van der Waals surface area contributed by atoms with Gasteiger partial charge >= 0.3 is 0 Å². The largest absolute Gasteiger partial charge is 0.459 e. The Bertz CT molecular complexity index is 546. The topological polar surface area (TPSA) is 48.4 Å². The maximum Gasteiger partial charge on any atom is 0.134 e. The number of hydrogen-bond acceptors (Lipinski definition) is 3. The molecule has 2 unspecified atom stereocenters. The van der Waals surface area contributed by atoms with Crippen molar-refractivity contribution >= 4 is 22.6 Å². The Labute approximate surface area is 111 Å². The lowest BCUT2D eigenvalue weighted by molar-refractivity contribution is -0.00361. The molecule has 2 aromatic rings. The summed E-state index contributed by atoms with van der Waals surface area (Å²) in [6, 6.07) is 7.34. The van der Waals surface area contributed by atoms with Gasteiger partial charge in [0, 0.05) is 17.0 Å². The summed E-state index contributed by atoms with van der Waals surface area (Å²) >= 11 is 5.96. The highest BCUT2D eigenvalue weighted by Gasteiger charge is 2.25. The average Bonchev–Trinajstić information content (AvgIpc) is 2.81. The number of ether oxygens (including phenoxy) is 1. The summed E-state index contributed by atoms with van der Waals surface area (Å²) in [5.74, 6) is 0.777. The molecule has 1 saturated heterocycles. The zero-order valence-electron chi connectivity index (χ0n) is 10.1. The molecule has 1 fully saturated rings. The summed E-state index contributed by atoms with van der Waals surface area (Å²) in [7, 11) is 0. The van der Waals surface area contributed by atoms with Crippen LogP contribution in [0.1, 0.15) is 31.1 Å². The molecule has 0 amide bonds. The van der Waals surface area contributed by atoms with Crippen LogP contribution in [0.15, 0.2) is 28.7 Å². The van der Waals surface area contributed by atoms with E-state index in [1.165, 1.54) is 6.42 Å². The summed E-state index contributed by atoms with van der Waals surface area (Å²) in [4.78, 5) is 0. The third kappa shape index (κ3) is 2.26. The molecule has 3 nitrogen and oxygen atoms in total. The minimum Gasteiger partial charge on any atom is -0.459 e. The Balaban J connectivity index is 1.88. The van der Waals surface area contributed by atoms with Crippen LogP contribution in [0.2, 0.25) is 5.02 Å². The van der Waals surface area contributed by atoms with Gasteiger partial charge in [-0.15, -0.1) is 0 Å². The summed E-state index contributed by atoms with van der Waals surface area (Å²) in [6.07, 6.45) is 3.36. The van der Waals surface area contributed by atoms with Crippen molar-refractivity contribution in [3.8, 4) is 0 Å². The SMILES string of the molecule is NC(c1cc2cc(Cl)ccc2o1)C1CCCCO1. The molecule has 18 heavy (non-hydrogen) atoms. The first-order valence-electron chi connectivity index (χ1n) is 6.30. The lowest BCUT2D eigenvalue weighted by atomic mass is 10.0. The van der Waals surface area contributed by atoms with Crippen molar-refractivity contribution in [2.45, 2.75) is 31.4 Å². The van der Waals surface area contributed by atoms with Gasteiger partial charge < -0.3 is 14.9 Å². The van der Waals surface area contributed by atoms with Crippen LogP contribution in [0.4, 0.5) is 0 Å². The number of rotatable bonds is 2. The quantitative estimate of drug-likeness (QED) is 0.902. The van der Waals surface area contributed by atoms with Gasteiger partial charge in [0.05, 0.1) is 12.1 Å². The maximum atomic E-state index is 6.22. The summed E-state index contributed by atoms with van der Waals surface area (Å²) < 4.78 is 11.5. The fraction of sp³-hybridized carbons (Fsp3) is 0.429. The second kappa shape index (κ2) is 4.92. The van der Waals surface area contributed by atoms with Gasteiger partial charge in [-0.1, -0.05) is 11.6 Å². The summed E-state index contributed by atoms with van der Waals surface area (Å²) in [5.41, 5.74) is 7.04. The Morgan fingerprint density at radius 3 is 2.94 bits per heavy atom. The average molecular weight is 266 g/mol. The molecule has 1 aromatic heterocycles. The predicted octanol–water partition coefficient (Wildman–Crippen LogP) is 3.66. The molecule has 0 bridgehead atoms. The molecule has 0 aliphatic carbocycles. The zero-order chi connectivity index (χ0) is 12.5. The Morgan fingerprint density at radius 2 is 2.17 bits per heavy atom. The molecule has 2 heterocycles. The van der Waals surface area contributed by atoms with Gasteiger partial charge in [-0.25, -0.2) is 0 Å². The van der Waals surface area contributed by atoms with Crippen LogP contribution in [-0.2, 0) is 4.74 Å². The lowest BCUT2D eigenvalue weighted by Crippen LogP contribution is -2.31. The molecule has 1 aliphatic heterocycles. The van der Waals surface area contributed by atoms with Crippen molar-refractivity contribution < 1.29 is 9.15 Å². The van der Waals surface area contributed by atoms with Crippen LogP contribution < -0.4 is 5.73 Å². The highest BCUT2D eigenvalue weighted by molar-refractivity contribution is 6.31. The Morgan fingerprint density at radius 1 is 1.28 bits per heavy atom. The summed E-state index contributed by atoms with van der Waals surface area (Å²) in [5, 5.41) is 1.70. The van der Waals surface area contributed by atoms with Gasteiger partial charge in [-0.3, -0.25) is 0 Å². The first kappa shape index (κ1) is 12.0. The molecular formula is C14H16ClNO2. The standard InChI is InChI=1S/C14H16ClNO2/c15-10-4-5-11-9(7-10)8-13(18-11)14(16)12-3-1-2-6-17-12/h4-5,7-8,12,14H,1-3,6,16H2. The van der Waals surface area contributed by atoms with Crippen molar-refractivity contribution in [1.29, 1.82) is 0 Å². The summed E-state index contributed by atoms with van der Waals surface area (Å²) in [6.45, 7) is 0.796. The van der Waals surface area contributed by atoms with Crippen LogP contribution in [0.3, 0.4) is 0 Å². The number of benzene rings is 1. The van der Waals surface area contributed by atoms with Gasteiger partial charge in [0.1, 0.15) is 11.3 Å². The van der Waals surface area contributed by atoms with Crippen molar-refractivity contribution in [3.63, 3.8) is 0 Å². The fourth-order valence-corrected chi connectivity index (χ4v) is 2.61. The smallest absolute Gasteiger partial charge is 0.134 e. The highest BCUT2D eigenvalue weighted by atomic mass is 35.5. The van der Waals surface area contributed by atoms with Gasteiger partial charge in [0.25, 0.3) is 0 Å². The number of halogens is 1. The Hall–Kier alpha value is -1.03. The molecule has 96 valence electrons. The van der Waals surface area contributed by atoms with Crippen molar-refractivity contribution in [3.05, 3.63) is 35.0 Å². The minimum atomic E-state index is -0.198. The minimum absolute atomic E-state index is 0.0646. The second-order valence-electron chi connectivity index (χ2n) is 4.76. The first-order valence-corrected chi connectivity index (χ1v) is 6.68. The third-order valence-corrected chi connectivity index (χ3v) is 3.68. The van der Waals surface area contributed by atoms with Crippen LogP contribution >= 0.6 is 11.6 Å². The number of hydrogen-bond donors (Lipinski definition) is 1. The molecule has 0 spiro atoms. The van der Waals surface area contributed by atoms with E-state index in [2.05, 4.69) is 0 Å². The van der Waals surface area contributed by atoms with Gasteiger partial charge in [-0.05, 0) is 43.5 Å². The maximum absolute atomic E-state index is 6.22. The third-order valence-electron chi connectivity index (χ3n) is 3.44. The van der Waals surface area contributed by atoms with Crippen LogP contribution in [0, 0.1) is 0 Å². The van der Waals surface area contributed by atoms with E-state index in [0.29, 0.717) is 5.02 Å². The van der Waals surface area contributed by atoms with Crippen molar-refractivity contribution in [1.82, 2.24) is 0 Å². The van der Waals surface area contributed by atoms with E-state index in [-0.39, 0.29) is 12.1 Å². The van der Waals surface area contributed by atoms with E-state index < -0.39 is 0 Å². The van der Waals surface area contributed by atoms with Crippen molar-refractivity contribution in [2.24, 2.45) is 5.73 Å². The molecule has 4 heteroatoms. The second-order valence-corrected chi connectivity index (χ2v) is 5.20. The van der Waals surface area contributed by atoms with Gasteiger partial charge in [0.15, 0.2) is 0 Å². The normalized spacial score (nSPS) is 22.2. The van der Waals surface area contributed by atoms with Gasteiger partial charge in [0.2, 0.25) is 0 Å². The van der Waals surface area contributed by atoms with Crippen LogP contribution in [-0.4, -0.2) is 12.7 Å². The van der Waals surface area contributed by atoms with E-state index in [9.17, 15) is 0 Å². The van der Waals surface area contributed by atoms with E-state index in [0.717, 1.165) is 36.2 Å². The lowest BCUT2D eigenvalue weighted by Gasteiger charge is -2.26. The number of nitrogens with two attached hydrogens (primary N) is 1. The molecule has 1 aliphatic rings. The van der Waals surface area contributed by atoms with Crippen molar-refractivity contribution in [2.75, 3.05) is 6.61 Å². The Kier molecular flexibility index (Phi) is 3.29. The molecule has 0 radical (unpaired) electrons. The first-order chi connectivity index (χ1) is 8.74. The van der Waals surface area contributed by atoms with E-state index in [4.69, 9.17) is 26.5 Å². The molecule has 1 aromatic carbocycles.